The molecule has 0 radical (unpaired) electrons. The highest BCUT2D eigenvalue weighted by Gasteiger charge is 2.30. The smallest absolute Gasteiger partial charge is 0.171 e. The van der Waals surface area contributed by atoms with E-state index in [4.69, 9.17) is 11.6 Å². The predicted octanol–water partition coefficient (Wildman–Crippen LogP) is 1.80. The van der Waals surface area contributed by atoms with Gasteiger partial charge in [-0.25, -0.2) is 9.97 Å². The number of hydrogen-bond donors (Lipinski definition) is 0. The van der Waals surface area contributed by atoms with E-state index in [9.17, 15) is 0 Å². The number of piperazine rings is 1. The molecule has 0 bridgehead atoms. The molecule has 1 atom stereocenters. The second-order valence-corrected chi connectivity index (χ2v) is 5.16. The van der Waals surface area contributed by atoms with Crippen molar-refractivity contribution in [2.45, 2.75) is 25.3 Å². The lowest BCUT2D eigenvalue weighted by Crippen LogP contribution is -2.55. The summed E-state index contributed by atoms with van der Waals surface area (Å²) in [5.74, 6) is 0.847. The molecule has 3 heterocycles. The third-order valence-corrected chi connectivity index (χ3v) is 4.04. The summed E-state index contributed by atoms with van der Waals surface area (Å²) in [6, 6.07) is 0.676. The zero-order valence-corrected chi connectivity index (χ0v) is 10.6. The van der Waals surface area contributed by atoms with Crippen LogP contribution in [0.5, 0.6) is 0 Å². The van der Waals surface area contributed by atoms with Crippen LogP contribution >= 0.6 is 11.6 Å². The van der Waals surface area contributed by atoms with Crippen LogP contribution in [0.1, 0.15) is 19.3 Å². The van der Waals surface area contributed by atoms with Crippen LogP contribution in [0, 0.1) is 0 Å². The number of halogens is 1. The minimum Gasteiger partial charge on any atom is -0.351 e. The van der Waals surface area contributed by atoms with Gasteiger partial charge in [-0.2, -0.15) is 0 Å². The molecule has 5 heteroatoms. The minimum atomic E-state index is 0.525. The Balaban J connectivity index is 1.76. The summed E-state index contributed by atoms with van der Waals surface area (Å²) in [5.41, 5.74) is 0. The highest BCUT2D eigenvalue weighted by atomic mass is 35.5. The van der Waals surface area contributed by atoms with Crippen molar-refractivity contribution in [2.75, 3.05) is 31.1 Å². The Morgan fingerprint density at radius 3 is 2.88 bits per heavy atom. The van der Waals surface area contributed by atoms with Crippen molar-refractivity contribution in [3.8, 4) is 0 Å². The zero-order valence-electron chi connectivity index (χ0n) is 9.85. The van der Waals surface area contributed by atoms with Crippen molar-refractivity contribution >= 4 is 17.4 Å². The fraction of sp³-hybridized carbons (Fsp3) is 0.667. The monoisotopic (exact) mass is 252 g/mol. The molecule has 4 nitrogen and oxygen atoms in total. The van der Waals surface area contributed by atoms with Crippen LogP contribution in [0.3, 0.4) is 0 Å². The van der Waals surface area contributed by atoms with Crippen LogP contribution in [0.15, 0.2) is 12.4 Å². The highest BCUT2D eigenvalue weighted by molar-refractivity contribution is 6.31. The zero-order chi connectivity index (χ0) is 11.7. The van der Waals surface area contributed by atoms with E-state index in [1.165, 1.54) is 25.8 Å². The van der Waals surface area contributed by atoms with Gasteiger partial charge in [-0.1, -0.05) is 18.0 Å². The molecular weight excluding hydrogens is 236 g/mol. The molecule has 0 saturated carbocycles. The molecule has 2 saturated heterocycles. The first-order valence-corrected chi connectivity index (χ1v) is 6.68. The third kappa shape index (κ3) is 2.24. The molecule has 1 aromatic heterocycles. The number of anilines is 1. The lowest BCUT2D eigenvalue weighted by molar-refractivity contribution is 0.133. The molecular formula is C12H17ClN4. The molecule has 0 amide bonds. The Labute approximate surface area is 107 Å². The molecule has 2 aliphatic rings. The Hall–Kier alpha value is -0.870. The average Bonchev–Trinajstić information content (AvgIpc) is 2.39. The molecule has 2 fully saturated rings. The Morgan fingerprint density at radius 2 is 2.00 bits per heavy atom. The molecule has 0 N–H and O–H groups in total. The summed E-state index contributed by atoms with van der Waals surface area (Å²) in [7, 11) is 0. The summed E-state index contributed by atoms with van der Waals surface area (Å²) in [6.07, 6.45) is 7.36. The highest BCUT2D eigenvalue weighted by Crippen LogP contribution is 2.26. The maximum Gasteiger partial charge on any atom is 0.171 e. The second kappa shape index (κ2) is 4.78. The van der Waals surface area contributed by atoms with Gasteiger partial charge in [0.25, 0.3) is 0 Å². The van der Waals surface area contributed by atoms with Crippen LogP contribution in [0.2, 0.25) is 5.15 Å². The molecule has 0 aliphatic carbocycles. The van der Waals surface area contributed by atoms with Crippen molar-refractivity contribution in [3.05, 3.63) is 17.5 Å². The lowest BCUT2D eigenvalue weighted by Gasteiger charge is -2.44. The van der Waals surface area contributed by atoms with Crippen molar-refractivity contribution in [1.29, 1.82) is 0 Å². The summed E-state index contributed by atoms with van der Waals surface area (Å²) >= 11 is 6.10. The van der Waals surface area contributed by atoms with Crippen LogP contribution in [-0.4, -0.2) is 47.1 Å². The Kier molecular flexibility index (Phi) is 3.16. The van der Waals surface area contributed by atoms with Crippen molar-refractivity contribution < 1.29 is 0 Å². The largest absolute Gasteiger partial charge is 0.351 e. The number of aromatic nitrogens is 2. The van der Waals surface area contributed by atoms with Crippen LogP contribution in [-0.2, 0) is 0 Å². The molecule has 0 aromatic carbocycles. The van der Waals surface area contributed by atoms with Crippen LogP contribution in [0.25, 0.3) is 0 Å². The number of piperidine rings is 1. The lowest BCUT2D eigenvalue weighted by atomic mass is 9.99. The normalized spacial score (nSPS) is 25.7. The number of fused-ring (bicyclic) bond motifs is 1. The SMILES string of the molecule is Clc1nccnc1N1CCN2CCCCC2C1. The molecule has 92 valence electrons. The molecule has 17 heavy (non-hydrogen) atoms. The van der Waals surface area contributed by atoms with Crippen LogP contribution < -0.4 is 4.90 Å². The van der Waals surface area contributed by atoms with Crippen molar-refractivity contribution in [3.63, 3.8) is 0 Å². The summed E-state index contributed by atoms with van der Waals surface area (Å²) in [4.78, 5) is 13.3. The molecule has 1 unspecified atom stereocenters. The van der Waals surface area contributed by atoms with Crippen molar-refractivity contribution in [2.24, 2.45) is 0 Å². The van der Waals surface area contributed by atoms with E-state index >= 15 is 0 Å². The van der Waals surface area contributed by atoms with E-state index in [1.807, 2.05) is 0 Å². The standard InChI is InChI=1S/C12H17ClN4/c13-11-12(15-5-4-14-11)17-8-7-16-6-2-1-3-10(16)9-17/h4-5,10H,1-3,6-9H2. The Bertz CT molecular complexity index is 398. The van der Waals surface area contributed by atoms with Gasteiger partial charge in [0, 0.05) is 38.1 Å². The first kappa shape index (κ1) is 11.2. The van der Waals surface area contributed by atoms with Crippen molar-refractivity contribution in [1.82, 2.24) is 14.9 Å². The maximum absolute atomic E-state index is 6.10. The fourth-order valence-electron chi connectivity index (χ4n) is 2.87. The predicted molar refractivity (Wildman–Crippen MR) is 68.5 cm³/mol. The summed E-state index contributed by atoms with van der Waals surface area (Å²) < 4.78 is 0. The second-order valence-electron chi connectivity index (χ2n) is 4.80. The third-order valence-electron chi connectivity index (χ3n) is 3.77. The van der Waals surface area contributed by atoms with Gasteiger partial charge in [-0.05, 0) is 19.4 Å². The number of hydrogen-bond acceptors (Lipinski definition) is 4. The maximum atomic E-state index is 6.10. The van der Waals surface area contributed by atoms with E-state index in [2.05, 4.69) is 19.8 Å². The molecule has 2 aliphatic heterocycles. The topological polar surface area (TPSA) is 32.3 Å². The van der Waals surface area contributed by atoms with E-state index in [-0.39, 0.29) is 0 Å². The van der Waals surface area contributed by atoms with Gasteiger partial charge in [0.2, 0.25) is 0 Å². The van der Waals surface area contributed by atoms with Gasteiger partial charge < -0.3 is 4.90 Å². The first-order chi connectivity index (χ1) is 8.34. The number of rotatable bonds is 1. The molecule has 1 aromatic rings. The van der Waals surface area contributed by atoms with Gasteiger partial charge in [-0.3, -0.25) is 4.90 Å². The molecule has 0 spiro atoms. The van der Waals surface area contributed by atoms with Gasteiger partial charge in [0.15, 0.2) is 11.0 Å². The van der Waals surface area contributed by atoms with Gasteiger partial charge in [-0.15, -0.1) is 0 Å². The van der Waals surface area contributed by atoms with E-state index in [1.54, 1.807) is 12.4 Å². The summed E-state index contributed by atoms with van der Waals surface area (Å²) in [5, 5.41) is 0.525. The van der Waals surface area contributed by atoms with E-state index in [0.717, 1.165) is 25.5 Å². The minimum absolute atomic E-state index is 0.525. The first-order valence-electron chi connectivity index (χ1n) is 6.30. The quantitative estimate of drug-likeness (QED) is 0.763. The molecule has 3 rings (SSSR count). The van der Waals surface area contributed by atoms with Gasteiger partial charge in [0.1, 0.15) is 0 Å². The number of nitrogens with zero attached hydrogens (tertiary/aromatic N) is 4. The van der Waals surface area contributed by atoms with E-state index in [0.29, 0.717) is 11.2 Å². The van der Waals surface area contributed by atoms with Crippen LogP contribution in [0.4, 0.5) is 5.82 Å². The fourth-order valence-corrected chi connectivity index (χ4v) is 3.10. The average molecular weight is 253 g/mol. The van der Waals surface area contributed by atoms with Gasteiger partial charge >= 0.3 is 0 Å². The Morgan fingerprint density at radius 1 is 1.12 bits per heavy atom. The van der Waals surface area contributed by atoms with Gasteiger partial charge in [0.05, 0.1) is 0 Å². The van der Waals surface area contributed by atoms with E-state index < -0.39 is 0 Å². The summed E-state index contributed by atoms with van der Waals surface area (Å²) in [6.45, 7) is 4.43.